The monoisotopic (exact) mass is 389 g/mol. The van der Waals surface area contributed by atoms with Gasteiger partial charge >= 0.3 is 5.97 Å². The van der Waals surface area contributed by atoms with Gasteiger partial charge in [0.15, 0.2) is 0 Å². The lowest BCUT2D eigenvalue weighted by atomic mass is 10.2. The molecule has 1 aromatic carbocycles. The van der Waals surface area contributed by atoms with E-state index in [-0.39, 0.29) is 17.7 Å². The highest BCUT2D eigenvalue weighted by Crippen LogP contribution is 2.27. The predicted molar refractivity (Wildman–Crippen MR) is 102 cm³/mol. The maximum atomic E-state index is 12.3. The summed E-state index contributed by atoms with van der Waals surface area (Å²) in [6.07, 6.45) is 3.56. The van der Waals surface area contributed by atoms with E-state index in [1.165, 1.54) is 13.3 Å². The molecule has 1 aliphatic heterocycles. The molecular formula is C19H20ClN3O4. The van der Waals surface area contributed by atoms with Gasteiger partial charge in [-0.05, 0) is 43.2 Å². The highest BCUT2D eigenvalue weighted by molar-refractivity contribution is 6.33. The normalized spacial score (nSPS) is 16.0. The van der Waals surface area contributed by atoms with Crippen molar-refractivity contribution in [3.05, 3.63) is 52.8 Å². The van der Waals surface area contributed by atoms with E-state index in [0.29, 0.717) is 28.5 Å². The number of hydrogen-bond donors (Lipinski definition) is 2. The second kappa shape index (κ2) is 8.83. The lowest BCUT2D eigenvalue weighted by molar-refractivity contribution is 0.0600. The average molecular weight is 390 g/mol. The molecule has 2 heterocycles. The summed E-state index contributed by atoms with van der Waals surface area (Å²) < 4.78 is 10.2. The average Bonchev–Trinajstić information content (AvgIpc) is 3.21. The molecule has 2 N–H and O–H groups in total. The fourth-order valence-electron chi connectivity index (χ4n) is 2.76. The maximum Gasteiger partial charge on any atom is 0.337 e. The Hall–Kier alpha value is -2.64. The molecule has 0 aliphatic carbocycles. The van der Waals surface area contributed by atoms with Crippen LogP contribution in [0.15, 0.2) is 36.5 Å². The number of pyridine rings is 1. The Morgan fingerprint density at radius 2 is 2.19 bits per heavy atom. The molecule has 142 valence electrons. The molecule has 1 unspecified atom stereocenters. The number of ether oxygens (including phenoxy) is 2. The van der Waals surface area contributed by atoms with Crippen LogP contribution < -0.4 is 10.6 Å². The number of halogens is 1. The molecule has 0 saturated carbocycles. The SMILES string of the molecule is COC(=O)c1ccc(Cl)c(Nc2ccnc(C(=O)NCC3CCCO3)c2)c1. The summed E-state index contributed by atoms with van der Waals surface area (Å²) in [5.74, 6) is -0.734. The third kappa shape index (κ3) is 4.96. The van der Waals surface area contributed by atoms with Gasteiger partial charge in [0, 0.05) is 25.0 Å². The number of benzene rings is 1. The molecule has 1 atom stereocenters. The van der Waals surface area contributed by atoms with E-state index in [1.807, 2.05) is 0 Å². The summed E-state index contributed by atoms with van der Waals surface area (Å²) in [6.45, 7) is 1.20. The minimum atomic E-state index is -0.460. The van der Waals surface area contributed by atoms with Crippen LogP contribution in [0, 0.1) is 0 Å². The molecule has 1 amide bonds. The van der Waals surface area contributed by atoms with Crippen LogP contribution in [-0.4, -0.2) is 43.2 Å². The van der Waals surface area contributed by atoms with Crippen LogP contribution in [0.1, 0.15) is 33.7 Å². The van der Waals surface area contributed by atoms with Crippen molar-refractivity contribution in [2.45, 2.75) is 18.9 Å². The molecule has 0 radical (unpaired) electrons. The number of amides is 1. The van der Waals surface area contributed by atoms with Crippen LogP contribution >= 0.6 is 11.6 Å². The van der Waals surface area contributed by atoms with Crippen molar-refractivity contribution in [2.24, 2.45) is 0 Å². The Kier molecular flexibility index (Phi) is 6.26. The smallest absolute Gasteiger partial charge is 0.337 e. The minimum Gasteiger partial charge on any atom is -0.465 e. The lowest BCUT2D eigenvalue weighted by Gasteiger charge is -2.12. The second-order valence-electron chi connectivity index (χ2n) is 6.09. The van der Waals surface area contributed by atoms with Gasteiger partial charge in [0.05, 0.1) is 29.5 Å². The number of rotatable bonds is 6. The number of carbonyl (C=O) groups is 2. The third-order valence-corrected chi connectivity index (χ3v) is 4.50. The van der Waals surface area contributed by atoms with E-state index < -0.39 is 5.97 Å². The fraction of sp³-hybridized carbons (Fsp3) is 0.316. The molecule has 7 nitrogen and oxygen atoms in total. The largest absolute Gasteiger partial charge is 0.465 e. The molecule has 1 fully saturated rings. The Morgan fingerprint density at radius 3 is 2.93 bits per heavy atom. The van der Waals surface area contributed by atoms with Crippen molar-refractivity contribution in [1.29, 1.82) is 0 Å². The molecule has 1 aliphatic rings. The predicted octanol–water partition coefficient (Wildman–Crippen LogP) is 3.17. The van der Waals surface area contributed by atoms with Gasteiger partial charge in [0.2, 0.25) is 0 Å². The molecule has 2 aromatic rings. The van der Waals surface area contributed by atoms with Gasteiger partial charge in [-0.1, -0.05) is 11.6 Å². The first kappa shape index (κ1) is 19.1. The van der Waals surface area contributed by atoms with Crippen LogP contribution in [0.25, 0.3) is 0 Å². The molecule has 1 aromatic heterocycles. The Balaban J connectivity index is 1.70. The number of nitrogens with one attached hydrogen (secondary N) is 2. The molecular weight excluding hydrogens is 370 g/mol. The molecule has 27 heavy (non-hydrogen) atoms. The van der Waals surface area contributed by atoms with Gasteiger partial charge in [0.25, 0.3) is 5.91 Å². The quantitative estimate of drug-likeness (QED) is 0.737. The molecule has 1 saturated heterocycles. The van der Waals surface area contributed by atoms with Gasteiger partial charge in [-0.3, -0.25) is 9.78 Å². The molecule has 0 bridgehead atoms. The summed E-state index contributed by atoms with van der Waals surface area (Å²) in [5, 5.41) is 6.37. The number of methoxy groups -OCH3 is 1. The minimum absolute atomic E-state index is 0.0649. The Bertz CT molecular complexity index is 837. The van der Waals surface area contributed by atoms with E-state index in [0.717, 1.165) is 19.4 Å². The van der Waals surface area contributed by atoms with Crippen molar-refractivity contribution in [2.75, 3.05) is 25.6 Å². The van der Waals surface area contributed by atoms with E-state index in [4.69, 9.17) is 21.1 Å². The number of aromatic nitrogens is 1. The number of esters is 1. The highest BCUT2D eigenvalue weighted by Gasteiger charge is 2.17. The van der Waals surface area contributed by atoms with Crippen LogP contribution in [0.5, 0.6) is 0 Å². The zero-order valence-corrected chi connectivity index (χ0v) is 15.6. The van der Waals surface area contributed by atoms with E-state index >= 15 is 0 Å². The van der Waals surface area contributed by atoms with Crippen molar-refractivity contribution < 1.29 is 19.1 Å². The highest BCUT2D eigenvalue weighted by atomic mass is 35.5. The summed E-state index contributed by atoms with van der Waals surface area (Å²) in [4.78, 5) is 28.1. The number of nitrogens with zero attached hydrogens (tertiary/aromatic N) is 1. The first-order valence-corrected chi connectivity index (χ1v) is 8.95. The first-order chi connectivity index (χ1) is 13.1. The van der Waals surface area contributed by atoms with Gasteiger partial charge in [-0.15, -0.1) is 0 Å². The van der Waals surface area contributed by atoms with E-state index in [9.17, 15) is 9.59 Å². The van der Waals surface area contributed by atoms with Crippen molar-refractivity contribution >= 4 is 34.9 Å². The van der Waals surface area contributed by atoms with Crippen LogP contribution in [0.4, 0.5) is 11.4 Å². The van der Waals surface area contributed by atoms with Gasteiger partial charge in [-0.25, -0.2) is 4.79 Å². The fourth-order valence-corrected chi connectivity index (χ4v) is 2.92. The van der Waals surface area contributed by atoms with Crippen LogP contribution in [0.3, 0.4) is 0 Å². The Labute approximate surface area is 162 Å². The first-order valence-electron chi connectivity index (χ1n) is 8.57. The topological polar surface area (TPSA) is 89.5 Å². The maximum absolute atomic E-state index is 12.3. The molecule has 0 spiro atoms. The van der Waals surface area contributed by atoms with Gasteiger partial charge < -0.3 is 20.1 Å². The zero-order valence-electron chi connectivity index (χ0n) is 14.8. The third-order valence-electron chi connectivity index (χ3n) is 4.17. The second-order valence-corrected chi connectivity index (χ2v) is 6.49. The van der Waals surface area contributed by atoms with Gasteiger partial charge in [-0.2, -0.15) is 0 Å². The molecule has 3 rings (SSSR count). The summed E-state index contributed by atoms with van der Waals surface area (Å²) in [5.41, 5.74) is 1.79. The van der Waals surface area contributed by atoms with Gasteiger partial charge in [0.1, 0.15) is 5.69 Å². The van der Waals surface area contributed by atoms with Crippen molar-refractivity contribution in [3.8, 4) is 0 Å². The number of hydrogen-bond acceptors (Lipinski definition) is 6. The zero-order chi connectivity index (χ0) is 19.2. The summed E-state index contributed by atoms with van der Waals surface area (Å²) in [6, 6.07) is 8.10. The standard InChI is InChI=1S/C19H20ClN3O4/c1-26-19(25)12-4-5-15(20)16(9-12)23-13-6-7-21-17(10-13)18(24)22-11-14-3-2-8-27-14/h4-7,9-10,14H,2-3,8,11H2,1H3,(H,21,23)(H,22,24). The van der Waals surface area contributed by atoms with E-state index in [2.05, 4.69) is 15.6 Å². The van der Waals surface area contributed by atoms with Crippen LogP contribution in [-0.2, 0) is 9.47 Å². The number of anilines is 2. The summed E-state index contributed by atoms with van der Waals surface area (Å²) >= 11 is 6.20. The van der Waals surface area contributed by atoms with Crippen molar-refractivity contribution in [1.82, 2.24) is 10.3 Å². The number of carbonyl (C=O) groups excluding carboxylic acids is 2. The Morgan fingerprint density at radius 1 is 1.33 bits per heavy atom. The van der Waals surface area contributed by atoms with E-state index in [1.54, 1.807) is 30.3 Å². The molecule has 8 heteroatoms. The summed E-state index contributed by atoms with van der Waals surface area (Å²) in [7, 11) is 1.31. The van der Waals surface area contributed by atoms with Crippen molar-refractivity contribution in [3.63, 3.8) is 0 Å². The lowest BCUT2D eigenvalue weighted by Crippen LogP contribution is -2.32. The van der Waals surface area contributed by atoms with Crippen LogP contribution in [0.2, 0.25) is 5.02 Å².